The molecule has 0 saturated heterocycles. The predicted molar refractivity (Wildman–Crippen MR) is 239 cm³/mol. The first kappa shape index (κ1) is 51.2. The summed E-state index contributed by atoms with van der Waals surface area (Å²) in [6, 6.07) is 18.0. The number of rotatable bonds is 11. The first-order chi connectivity index (χ1) is 26.6. The van der Waals surface area contributed by atoms with Gasteiger partial charge in [0.15, 0.2) is 0 Å². The number of benzene rings is 2. The molecule has 0 radical (unpaired) electrons. The number of allylic oxidation sites excluding steroid dienone is 7. The van der Waals surface area contributed by atoms with Gasteiger partial charge in [0.05, 0.1) is 5.71 Å². The Labute approximate surface area is 340 Å². The van der Waals surface area contributed by atoms with E-state index in [1.54, 1.807) is 24.6 Å². The zero-order chi connectivity index (χ0) is 42.7. The number of fused-ring (bicyclic) bond motifs is 1. The van der Waals surface area contributed by atoms with Crippen molar-refractivity contribution < 1.29 is 18.0 Å². The maximum atomic E-state index is 12.3. The maximum Gasteiger partial charge on any atom is 0.471 e. The lowest BCUT2D eigenvalue weighted by atomic mass is 9.97. The average Bonchev–Trinajstić information content (AvgIpc) is 3.68. The number of hydrogen-bond donors (Lipinski definition) is 1. The van der Waals surface area contributed by atoms with Gasteiger partial charge in [-0.3, -0.25) is 14.8 Å². The van der Waals surface area contributed by atoms with Crippen molar-refractivity contribution in [2.24, 2.45) is 9.98 Å². The van der Waals surface area contributed by atoms with Crippen molar-refractivity contribution in [1.29, 1.82) is 0 Å². The zero-order valence-corrected chi connectivity index (χ0v) is 36.3. The summed E-state index contributed by atoms with van der Waals surface area (Å²) in [4.78, 5) is 21.9. The number of alkyl halides is 3. The minimum Gasteiger partial charge on any atom is -0.359 e. The number of nitrogens with one attached hydrogen (secondary N) is 1. The second kappa shape index (κ2) is 28.6. The van der Waals surface area contributed by atoms with Crippen LogP contribution in [0.25, 0.3) is 0 Å². The molecule has 0 unspecified atom stereocenters. The molecule has 1 aliphatic heterocycles. The quantitative estimate of drug-likeness (QED) is 0.119. The largest absolute Gasteiger partial charge is 0.471 e. The maximum absolute atomic E-state index is 12.3. The molecule has 1 aromatic heterocycles. The fourth-order valence-electron chi connectivity index (χ4n) is 4.89. The topological polar surface area (TPSA) is 57.1 Å². The number of carbonyl (C=O) groups is 1. The van der Waals surface area contributed by atoms with Crippen molar-refractivity contribution in [3.05, 3.63) is 148 Å². The molecule has 0 atom stereocenters. The number of amides is 1. The molecule has 1 N–H and O–H groups in total. The normalized spacial score (nSPS) is 12.4. The number of aliphatic imine (C=N–C) groups is 2. The molecule has 0 fully saturated rings. The molecule has 0 saturated carbocycles. The fraction of sp³-hybridized carbons (Fsp3) is 0.383. The second-order valence-corrected chi connectivity index (χ2v) is 13.7. The van der Waals surface area contributed by atoms with Crippen molar-refractivity contribution in [1.82, 2.24) is 4.90 Å². The van der Waals surface area contributed by atoms with Gasteiger partial charge in [0.25, 0.3) is 0 Å². The van der Waals surface area contributed by atoms with Gasteiger partial charge in [0, 0.05) is 60.3 Å². The molecule has 2 heterocycles. The SMILES string of the molecule is C/C=C\CC.C=C(C)N=C/C=C(\C)C(=C)C(=NC)c1cccc(NC(=C)Cc2cccs2)c1.CC.CCCC.Cc1ccc2c(c1)CN(C(=O)C(F)(F)F)CC2. The van der Waals surface area contributed by atoms with Crippen molar-refractivity contribution >= 4 is 34.9 Å². The van der Waals surface area contributed by atoms with Crippen LogP contribution in [0.4, 0.5) is 18.9 Å². The minimum absolute atomic E-state index is 0.0509. The Hall–Kier alpha value is -4.76. The highest BCUT2D eigenvalue weighted by atomic mass is 32.1. The van der Waals surface area contributed by atoms with Gasteiger partial charge in [-0.15, -0.1) is 11.3 Å². The summed E-state index contributed by atoms with van der Waals surface area (Å²) >= 11 is 1.73. The number of thiophene rings is 1. The summed E-state index contributed by atoms with van der Waals surface area (Å²) in [6.07, 6.45) is 8.17. The number of hydrogen-bond acceptors (Lipinski definition) is 5. The summed E-state index contributed by atoms with van der Waals surface area (Å²) in [5.41, 5.74) is 9.27. The third-order valence-electron chi connectivity index (χ3n) is 7.90. The summed E-state index contributed by atoms with van der Waals surface area (Å²) in [7, 11) is 1.78. The van der Waals surface area contributed by atoms with Crippen LogP contribution in [0.15, 0.2) is 130 Å². The molecule has 3 aromatic rings. The molecule has 56 heavy (non-hydrogen) atoms. The van der Waals surface area contributed by atoms with Gasteiger partial charge < -0.3 is 10.2 Å². The number of carbonyl (C=O) groups excluding carboxylic acids is 1. The Morgan fingerprint density at radius 1 is 0.982 bits per heavy atom. The molecule has 0 aliphatic carbocycles. The van der Waals surface area contributed by atoms with Crippen LogP contribution in [-0.2, 0) is 24.2 Å². The highest BCUT2D eigenvalue weighted by Gasteiger charge is 2.43. The van der Waals surface area contributed by atoms with E-state index in [1.165, 1.54) is 17.7 Å². The van der Waals surface area contributed by atoms with E-state index in [0.717, 1.165) is 73.9 Å². The van der Waals surface area contributed by atoms with Crippen LogP contribution in [-0.4, -0.2) is 42.5 Å². The molecule has 4 rings (SSSR count). The van der Waals surface area contributed by atoms with Crippen LogP contribution < -0.4 is 5.32 Å². The van der Waals surface area contributed by atoms with E-state index in [1.807, 2.05) is 84.0 Å². The monoisotopic (exact) mass is 790 g/mol. The highest BCUT2D eigenvalue weighted by molar-refractivity contribution is 7.09. The molecule has 306 valence electrons. The van der Waals surface area contributed by atoms with E-state index < -0.39 is 12.1 Å². The summed E-state index contributed by atoms with van der Waals surface area (Å²) in [6.45, 7) is 30.6. The van der Waals surface area contributed by atoms with Gasteiger partial charge in [0.2, 0.25) is 0 Å². The molecule has 5 nitrogen and oxygen atoms in total. The lowest BCUT2D eigenvalue weighted by molar-refractivity contribution is -0.186. The number of aryl methyl sites for hydroxylation is 1. The molecule has 0 bridgehead atoms. The van der Waals surface area contributed by atoms with Gasteiger partial charge in [-0.2, -0.15) is 13.2 Å². The fourth-order valence-corrected chi connectivity index (χ4v) is 5.64. The number of nitrogens with zero attached hydrogens (tertiary/aromatic N) is 3. The third-order valence-corrected chi connectivity index (χ3v) is 8.78. The van der Waals surface area contributed by atoms with Crippen molar-refractivity contribution in [2.75, 3.05) is 18.9 Å². The van der Waals surface area contributed by atoms with Crippen LogP contribution in [0.1, 0.15) is 102 Å². The summed E-state index contributed by atoms with van der Waals surface area (Å²) < 4.78 is 36.9. The van der Waals surface area contributed by atoms with Crippen LogP contribution in [0.2, 0.25) is 0 Å². The highest BCUT2D eigenvalue weighted by Crippen LogP contribution is 2.25. The van der Waals surface area contributed by atoms with Crippen molar-refractivity contribution in [3.63, 3.8) is 0 Å². The van der Waals surface area contributed by atoms with Crippen molar-refractivity contribution in [3.8, 4) is 0 Å². The number of halogens is 3. The van der Waals surface area contributed by atoms with Crippen LogP contribution in [0.5, 0.6) is 0 Å². The number of anilines is 1. The van der Waals surface area contributed by atoms with E-state index in [0.29, 0.717) is 6.42 Å². The molecular weight excluding hydrogens is 726 g/mol. The standard InChI is InChI=1S/C24H27N3S.C12H12F3NO.C5H10.C4H10.C2H6/c1-17(2)26-13-12-18(3)20(5)24(25-6)21-9-7-10-22(16-21)27-19(4)15-23-11-8-14-28-23;1-8-2-3-9-4-5-16(7-10(9)6-8)11(17)12(13,14)15;1-3-5-4-2;1-3-4-2;1-2/h7-14,16,27H,1,4-5,15H2,2-3,6H3;2-3,6H,4-5,7H2,1H3;3,5H,4H2,1-2H3;3-4H2,1-2H3;1-2H3/b18-12+,25-24?,26-13?;;5-3-;;. The third kappa shape index (κ3) is 20.2. The predicted octanol–water partition coefficient (Wildman–Crippen LogP) is 13.7. The average molecular weight is 791 g/mol. The lowest BCUT2D eigenvalue weighted by Gasteiger charge is -2.29. The van der Waals surface area contributed by atoms with Gasteiger partial charge in [0.1, 0.15) is 0 Å². The Morgan fingerprint density at radius 2 is 1.66 bits per heavy atom. The van der Waals surface area contributed by atoms with Crippen LogP contribution in [0, 0.1) is 6.92 Å². The Morgan fingerprint density at radius 3 is 2.18 bits per heavy atom. The summed E-state index contributed by atoms with van der Waals surface area (Å²) in [5.74, 6) is -1.75. The van der Waals surface area contributed by atoms with E-state index >= 15 is 0 Å². The van der Waals surface area contributed by atoms with E-state index in [2.05, 4.69) is 91.5 Å². The Bertz CT molecular complexity index is 1760. The van der Waals surface area contributed by atoms with Crippen LogP contribution in [0.3, 0.4) is 0 Å². The van der Waals surface area contributed by atoms with Gasteiger partial charge >= 0.3 is 12.1 Å². The second-order valence-electron chi connectivity index (χ2n) is 12.7. The number of unbranched alkanes of at least 4 members (excludes halogenated alkanes) is 1. The smallest absolute Gasteiger partial charge is 0.359 e. The van der Waals surface area contributed by atoms with Gasteiger partial charge in [-0.05, 0) is 92.5 Å². The van der Waals surface area contributed by atoms with Gasteiger partial charge in [-0.1, -0.05) is 121 Å². The molecule has 1 amide bonds. The molecule has 9 heteroatoms. The van der Waals surface area contributed by atoms with E-state index in [4.69, 9.17) is 0 Å². The molecular formula is C47H65F3N4OS. The first-order valence-electron chi connectivity index (χ1n) is 19.3. The Balaban J connectivity index is 0.000000909. The Kier molecular flexibility index (Phi) is 26.2. The van der Waals surface area contributed by atoms with E-state index in [-0.39, 0.29) is 13.1 Å². The zero-order valence-electron chi connectivity index (χ0n) is 35.4. The molecule has 1 aliphatic rings. The van der Waals surface area contributed by atoms with Crippen LogP contribution >= 0.6 is 11.3 Å². The lowest BCUT2D eigenvalue weighted by Crippen LogP contribution is -2.43. The van der Waals surface area contributed by atoms with Gasteiger partial charge in [-0.25, -0.2) is 0 Å². The van der Waals surface area contributed by atoms with Crippen molar-refractivity contribution in [2.45, 2.75) is 107 Å². The molecule has 2 aromatic carbocycles. The molecule has 0 spiro atoms. The first-order valence-corrected chi connectivity index (χ1v) is 20.2. The minimum atomic E-state index is -4.78. The van der Waals surface area contributed by atoms with E-state index in [9.17, 15) is 18.0 Å². The summed E-state index contributed by atoms with van der Waals surface area (Å²) in [5, 5.41) is 5.48.